The van der Waals surface area contributed by atoms with Gasteiger partial charge in [0.2, 0.25) is 0 Å². The van der Waals surface area contributed by atoms with E-state index in [1.54, 1.807) is 0 Å². The summed E-state index contributed by atoms with van der Waals surface area (Å²) >= 11 is 0. The van der Waals surface area contributed by atoms with Crippen LogP contribution in [-0.2, 0) is 0 Å². The zero-order valence-electron chi connectivity index (χ0n) is 7.14. The van der Waals surface area contributed by atoms with Gasteiger partial charge in [-0.2, -0.15) is 5.26 Å². The molecule has 0 bridgehead atoms. The SMILES string of the molecule is CC1CCCC(CNC#N)C1. The predicted molar refractivity (Wildman–Crippen MR) is 44.7 cm³/mol. The van der Waals surface area contributed by atoms with Gasteiger partial charge in [-0.25, -0.2) is 0 Å². The molecule has 2 heteroatoms. The Kier molecular flexibility index (Phi) is 3.22. The first-order valence-corrected chi connectivity index (χ1v) is 4.45. The molecule has 0 radical (unpaired) electrons. The second kappa shape index (κ2) is 4.23. The Labute approximate surface area is 68.6 Å². The summed E-state index contributed by atoms with van der Waals surface area (Å²) in [4.78, 5) is 0. The molecule has 1 saturated carbocycles. The maximum atomic E-state index is 8.30. The molecular weight excluding hydrogens is 136 g/mol. The topological polar surface area (TPSA) is 35.8 Å². The van der Waals surface area contributed by atoms with Gasteiger partial charge in [0.25, 0.3) is 0 Å². The molecule has 0 aromatic carbocycles. The van der Waals surface area contributed by atoms with Gasteiger partial charge in [-0.1, -0.05) is 19.8 Å². The van der Waals surface area contributed by atoms with E-state index < -0.39 is 0 Å². The molecule has 0 aliphatic heterocycles. The summed E-state index contributed by atoms with van der Waals surface area (Å²) in [5.41, 5.74) is 0. The van der Waals surface area contributed by atoms with E-state index in [0.717, 1.165) is 18.4 Å². The number of hydrogen-bond donors (Lipinski definition) is 1. The molecule has 1 fully saturated rings. The van der Waals surface area contributed by atoms with Crippen LogP contribution in [0.5, 0.6) is 0 Å². The molecular formula is C9H16N2. The van der Waals surface area contributed by atoms with Gasteiger partial charge in [0.05, 0.1) is 0 Å². The van der Waals surface area contributed by atoms with E-state index in [9.17, 15) is 0 Å². The highest BCUT2D eigenvalue weighted by molar-refractivity contribution is 4.75. The summed E-state index contributed by atoms with van der Waals surface area (Å²) in [7, 11) is 0. The third kappa shape index (κ3) is 2.80. The molecule has 0 saturated heterocycles. The molecule has 2 nitrogen and oxygen atoms in total. The summed E-state index contributed by atoms with van der Waals surface area (Å²) in [5, 5.41) is 11.0. The third-order valence-corrected chi connectivity index (χ3v) is 2.51. The summed E-state index contributed by atoms with van der Waals surface area (Å²) in [6.45, 7) is 3.19. The quantitative estimate of drug-likeness (QED) is 0.484. The molecule has 1 aliphatic carbocycles. The Bertz CT molecular complexity index is 148. The largest absolute Gasteiger partial charge is 0.324 e. The Morgan fingerprint density at radius 2 is 2.36 bits per heavy atom. The minimum absolute atomic E-state index is 0.749. The van der Waals surface area contributed by atoms with Crippen LogP contribution in [-0.4, -0.2) is 6.54 Å². The molecule has 62 valence electrons. The van der Waals surface area contributed by atoms with Crippen molar-refractivity contribution in [1.29, 1.82) is 5.26 Å². The van der Waals surface area contributed by atoms with Crippen LogP contribution in [0.4, 0.5) is 0 Å². The molecule has 1 aliphatic rings. The van der Waals surface area contributed by atoms with Gasteiger partial charge >= 0.3 is 0 Å². The van der Waals surface area contributed by atoms with E-state index in [-0.39, 0.29) is 0 Å². The lowest BCUT2D eigenvalue weighted by molar-refractivity contribution is 0.281. The van der Waals surface area contributed by atoms with Crippen LogP contribution in [0.25, 0.3) is 0 Å². The molecule has 0 aromatic rings. The molecule has 1 rings (SSSR count). The second-order valence-electron chi connectivity index (χ2n) is 3.63. The van der Waals surface area contributed by atoms with Crippen LogP contribution in [0, 0.1) is 23.3 Å². The lowest BCUT2D eigenvalue weighted by atomic mass is 9.82. The Morgan fingerprint density at radius 3 is 3.00 bits per heavy atom. The molecule has 1 N–H and O–H groups in total. The minimum Gasteiger partial charge on any atom is -0.324 e. The fourth-order valence-corrected chi connectivity index (χ4v) is 1.94. The van der Waals surface area contributed by atoms with Crippen LogP contribution < -0.4 is 5.32 Å². The van der Waals surface area contributed by atoms with Crippen molar-refractivity contribution in [2.45, 2.75) is 32.6 Å². The minimum atomic E-state index is 0.749. The third-order valence-electron chi connectivity index (χ3n) is 2.51. The lowest BCUT2D eigenvalue weighted by Crippen LogP contribution is -2.23. The first-order chi connectivity index (χ1) is 5.33. The zero-order chi connectivity index (χ0) is 8.10. The summed E-state index contributed by atoms with van der Waals surface area (Å²) in [5.74, 6) is 1.62. The molecule has 11 heavy (non-hydrogen) atoms. The van der Waals surface area contributed by atoms with E-state index in [1.807, 2.05) is 6.19 Å². The van der Waals surface area contributed by atoms with Gasteiger partial charge in [-0.15, -0.1) is 0 Å². The van der Waals surface area contributed by atoms with E-state index in [2.05, 4.69) is 12.2 Å². The molecule has 0 amide bonds. The van der Waals surface area contributed by atoms with Crippen LogP contribution in [0.15, 0.2) is 0 Å². The highest BCUT2D eigenvalue weighted by Crippen LogP contribution is 2.27. The van der Waals surface area contributed by atoms with Crippen molar-refractivity contribution < 1.29 is 0 Å². The van der Waals surface area contributed by atoms with Gasteiger partial charge in [0.1, 0.15) is 0 Å². The first-order valence-electron chi connectivity index (χ1n) is 4.45. The average Bonchev–Trinajstić information content (AvgIpc) is 2.01. The van der Waals surface area contributed by atoms with E-state index >= 15 is 0 Å². The van der Waals surface area contributed by atoms with Crippen molar-refractivity contribution in [2.24, 2.45) is 11.8 Å². The van der Waals surface area contributed by atoms with Crippen molar-refractivity contribution in [1.82, 2.24) is 5.32 Å². The van der Waals surface area contributed by atoms with E-state index in [1.165, 1.54) is 25.7 Å². The Hall–Kier alpha value is -0.710. The molecule has 2 atom stereocenters. The zero-order valence-corrected chi connectivity index (χ0v) is 7.14. The van der Waals surface area contributed by atoms with Crippen molar-refractivity contribution in [2.75, 3.05) is 6.54 Å². The molecule has 2 unspecified atom stereocenters. The van der Waals surface area contributed by atoms with Crippen molar-refractivity contribution in [3.63, 3.8) is 0 Å². The van der Waals surface area contributed by atoms with Crippen molar-refractivity contribution in [3.05, 3.63) is 0 Å². The summed E-state index contributed by atoms with van der Waals surface area (Å²) < 4.78 is 0. The monoisotopic (exact) mass is 152 g/mol. The van der Waals surface area contributed by atoms with Crippen LogP contribution >= 0.6 is 0 Å². The van der Waals surface area contributed by atoms with Gasteiger partial charge in [-0.05, 0) is 24.7 Å². The standard InChI is InChI=1S/C9H16N2/c1-8-3-2-4-9(5-8)6-11-7-10/h8-9,11H,2-6H2,1H3. The van der Waals surface area contributed by atoms with E-state index in [4.69, 9.17) is 5.26 Å². The lowest BCUT2D eigenvalue weighted by Gasteiger charge is -2.25. The van der Waals surface area contributed by atoms with Crippen molar-refractivity contribution >= 4 is 0 Å². The van der Waals surface area contributed by atoms with Gasteiger partial charge < -0.3 is 5.32 Å². The average molecular weight is 152 g/mol. The number of hydrogen-bond acceptors (Lipinski definition) is 2. The van der Waals surface area contributed by atoms with Gasteiger partial charge in [0.15, 0.2) is 6.19 Å². The molecule has 0 aromatic heterocycles. The van der Waals surface area contributed by atoms with Crippen LogP contribution in [0.3, 0.4) is 0 Å². The fourth-order valence-electron chi connectivity index (χ4n) is 1.94. The van der Waals surface area contributed by atoms with Gasteiger partial charge in [0, 0.05) is 6.54 Å². The highest BCUT2D eigenvalue weighted by Gasteiger charge is 2.17. The number of nitrogens with zero attached hydrogens (tertiary/aromatic N) is 1. The summed E-state index contributed by atoms with van der Waals surface area (Å²) in [6.07, 6.45) is 7.31. The van der Waals surface area contributed by atoms with Crippen LogP contribution in [0.2, 0.25) is 0 Å². The smallest absolute Gasteiger partial charge is 0.176 e. The highest BCUT2D eigenvalue weighted by atomic mass is 14.8. The first kappa shape index (κ1) is 8.39. The Balaban J connectivity index is 2.18. The number of nitrogens with one attached hydrogen (secondary N) is 1. The predicted octanol–water partition coefficient (Wildman–Crippen LogP) is 1.88. The Morgan fingerprint density at radius 1 is 1.55 bits per heavy atom. The molecule has 0 spiro atoms. The van der Waals surface area contributed by atoms with E-state index in [0.29, 0.717) is 0 Å². The second-order valence-corrected chi connectivity index (χ2v) is 3.63. The fraction of sp³-hybridized carbons (Fsp3) is 0.889. The van der Waals surface area contributed by atoms with Crippen molar-refractivity contribution in [3.8, 4) is 6.19 Å². The summed E-state index contributed by atoms with van der Waals surface area (Å²) in [6, 6.07) is 0. The van der Waals surface area contributed by atoms with Crippen LogP contribution in [0.1, 0.15) is 32.6 Å². The maximum absolute atomic E-state index is 8.30. The normalized spacial score (nSPS) is 30.9. The molecule has 0 heterocycles. The number of rotatable bonds is 2. The van der Waals surface area contributed by atoms with Gasteiger partial charge in [-0.3, -0.25) is 0 Å². The number of nitriles is 1. The maximum Gasteiger partial charge on any atom is 0.176 e.